The lowest BCUT2D eigenvalue weighted by molar-refractivity contribution is -0.129. The molecule has 0 saturated heterocycles. The standard InChI is InChI=1S/C11H21NO2/c1-11(2,3)10(14)12-8-5-4-6-9(13)7-8/h8-9,13H,4-7H2,1-3H3,(H,12,14). The molecule has 0 aliphatic heterocycles. The van der Waals surface area contributed by atoms with E-state index in [2.05, 4.69) is 5.32 Å². The molecule has 0 spiro atoms. The predicted octanol–water partition coefficient (Wildman–Crippen LogP) is 1.45. The SMILES string of the molecule is CC(C)(C)C(=O)NC1CCCC(O)C1. The molecule has 2 N–H and O–H groups in total. The van der Waals surface area contributed by atoms with Crippen LogP contribution in [0.25, 0.3) is 0 Å². The van der Waals surface area contributed by atoms with Crippen LogP contribution in [0.3, 0.4) is 0 Å². The lowest BCUT2D eigenvalue weighted by Gasteiger charge is -2.29. The fraction of sp³-hybridized carbons (Fsp3) is 0.909. The van der Waals surface area contributed by atoms with Gasteiger partial charge < -0.3 is 10.4 Å². The van der Waals surface area contributed by atoms with Gasteiger partial charge in [-0.1, -0.05) is 20.8 Å². The minimum Gasteiger partial charge on any atom is -0.393 e. The van der Waals surface area contributed by atoms with Crippen LogP contribution in [0.5, 0.6) is 0 Å². The maximum atomic E-state index is 11.6. The molecule has 2 unspecified atom stereocenters. The fourth-order valence-electron chi connectivity index (χ4n) is 1.70. The molecule has 1 saturated carbocycles. The second-order valence-electron chi connectivity index (χ2n) is 5.24. The van der Waals surface area contributed by atoms with E-state index in [0.717, 1.165) is 19.3 Å². The summed E-state index contributed by atoms with van der Waals surface area (Å²) in [7, 11) is 0. The minimum atomic E-state index is -0.331. The van der Waals surface area contributed by atoms with Crippen LogP contribution in [0.15, 0.2) is 0 Å². The molecule has 1 rings (SSSR count). The molecule has 82 valence electrons. The van der Waals surface area contributed by atoms with Crippen LogP contribution in [0.1, 0.15) is 46.5 Å². The van der Waals surface area contributed by atoms with Gasteiger partial charge in [-0.05, 0) is 25.7 Å². The Morgan fingerprint density at radius 1 is 1.36 bits per heavy atom. The Morgan fingerprint density at radius 3 is 2.50 bits per heavy atom. The molecule has 14 heavy (non-hydrogen) atoms. The van der Waals surface area contributed by atoms with Gasteiger partial charge in [-0.3, -0.25) is 4.79 Å². The summed E-state index contributed by atoms with van der Waals surface area (Å²) in [6.45, 7) is 5.71. The molecular formula is C11H21NO2. The quantitative estimate of drug-likeness (QED) is 0.671. The maximum Gasteiger partial charge on any atom is 0.225 e. The smallest absolute Gasteiger partial charge is 0.225 e. The van der Waals surface area contributed by atoms with Crippen LogP contribution in [0.2, 0.25) is 0 Å². The molecule has 0 radical (unpaired) electrons. The van der Waals surface area contributed by atoms with Crippen LogP contribution >= 0.6 is 0 Å². The van der Waals surface area contributed by atoms with Crippen LogP contribution < -0.4 is 5.32 Å². The zero-order valence-corrected chi connectivity index (χ0v) is 9.34. The van der Waals surface area contributed by atoms with E-state index in [1.807, 2.05) is 20.8 Å². The van der Waals surface area contributed by atoms with Gasteiger partial charge >= 0.3 is 0 Å². The van der Waals surface area contributed by atoms with Gasteiger partial charge in [-0.2, -0.15) is 0 Å². The summed E-state index contributed by atoms with van der Waals surface area (Å²) < 4.78 is 0. The number of nitrogens with one attached hydrogen (secondary N) is 1. The number of aliphatic hydroxyl groups excluding tert-OH is 1. The van der Waals surface area contributed by atoms with Crippen molar-refractivity contribution in [2.24, 2.45) is 5.41 Å². The van der Waals surface area contributed by atoms with Crippen molar-refractivity contribution < 1.29 is 9.90 Å². The maximum absolute atomic E-state index is 11.6. The highest BCUT2D eigenvalue weighted by Crippen LogP contribution is 2.20. The van der Waals surface area contributed by atoms with Crippen molar-refractivity contribution in [2.75, 3.05) is 0 Å². The first-order valence-electron chi connectivity index (χ1n) is 5.38. The van der Waals surface area contributed by atoms with Gasteiger partial charge in [-0.15, -0.1) is 0 Å². The number of aliphatic hydroxyl groups is 1. The first-order chi connectivity index (χ1) is 6.39. The van der Waals surface area contributed by atoms with E-state index in [1.54, 1.807) is 0 Å². The Morgan fingerprint density at radius 2 is 2.00 bits per heavy atom. The molecule has 3 nitrogen and oxygen atoms in total. The van der Waals surface area contributed by atoms with Gasteiger partial charge in [-0.25, -0.2) is 0 Å². The second-order valence-corrected chi connectivity index (χ2v) is 5.24. The van der Waals surface area contributed by atoms with E-state index in [1.165, 1.54) is 0 Å². The average Bonchev–Trinajstić information content (AvgIpc) is 2.02. The molecule has 1 fully saturated rings. The number of carbonyl (C=O) groups excluding carboxylic acids is 1. The number of hydrogen-bond donors (Lipinski definition) is 2. The van der Waals surface area contributed by atoms with Crippen molar-refractivity contribution >= 4 is 5.91 Å². The first kappa shape index (κ1) is 11.5. The van der Waals surface area contributed by atoms with E-state index in [0.29, 0.717) is 6.42 Å². The summed E-state index contributed by atoms with van der Waals surface area (Å²) >= 11 is 0. The zero-order chi connectivity index (χ0) is 10.8. The van der Waals surface area contributed by atoms with Gasteiger partial charge in [0.05, 0.1) is 6.10 Å². The van der Waals surface area contributed by atoms with Gasteiger partial charge in [0.1, 0.15) is 0 Å². The van der Waals surface area contributed by atoms with Gasteiger partial charge in [0, 0.05) is 11.5 Å². The summed E-state index contributed by atoms with van der Waals surface area (Å²) in [6.07, 6.45) is 3.37. The van der Waals surface area contributed by atoms with Crippen molar-refractivity contribution in [2.45, 2.75) is 58.6 Å². The summed E-state index contributed by atoms with van der Waals surface area (Å²) in [6, 6.07) is 0.172. The van der Waals surface area contributed by atoms with Crippen LogP contribution in [0, 0.1) is 5.41 Å². The van der Waals surface area contributed by atoms with E-state index >= 15 is 0 Å². The molecular weight excluding hydrogens is 178 g/mol. The Hall–Kier alpha value is -0.570. The first-order valence-corrected chi connectivity index (χ1v) is 5.38. The monoisotopic (exact) mass is 199 g/mol. The highest BCUT2D eigenvalue weighted by Gasteiger charge is 2.26. The number of rotatable bonds is 1. The Kier molecular flexibility index (Phi) is 3.53. The topological polar surface area (TPSA) is 49.3 Å². The fourth-order valence-corrected chi connectivity index (χ4v) is 1.70. The van der Waals surface area contributed by atoms with Crippen molar-refractivity contribution in [3.63, 3.8) is 0 Å². The molecule has 2 atom stereocenters. The van der Waals surface area contributed by atoms with Crippen molar-refractivity contribution in [3.05, 3.63) is 0 Å². The summed E-state index contributed by atoms with van der Waals surface area (Å²) in [5.41, 5.74) is -0.331. The van der Waals surface area contributed by atoms with Crippen LogP contribution in [-0.2, 0) is 4.79 Å². The third-order valence-electron chi connectivity index (χ3n) is 2.66. The van der Waals surface area contributed by atoms with Gasteiger partial charge in [0.15, 0.2) is 0 Å². The second kappa shape index (κ2) is 4.30. The summed E-state index contributed by atoms with van der Waals surface area (Å²) in [5, 5.41) is 12.4. The minimum absolute atomic E-state index is 0.0802. The average molecular weight is 199 g/mol. The van der Waals surface area contributed by atoms with E-state index < -0.39 is 0 Å². The Bertz CT molecular complexity index is 208. The molecule has 3 heteroatoms. The molecule has 0 bridgehead atoms. The lowest BCUT2D eigenvalue weighted by atomic mass is 9.90. The predicted molar refractivity (Wildman–Crippen MR) is 55.9 cm³/mol. The van der Waals surface area contributed by atoms with E-state index in [4.69, 9.17) is 0 Å². The number of amides is 1. The van der Waals surface area contributed by atoms with Crippen LogP contribution in [0.4, 0.5) is 0 Å². The van der Waals surface area contributed by atoms with E-state index in [-0.39, 0.29) is 23.5 Å². The largest absolute Gasteiger partial charge is 0.393 e. The Labute approximate surface area is 85.9 Å². The van der Waals surface area contributed by atoms with Gasteiger partial charge in [0.25, 0.3) is 0 Å². The molecule has 1 aliphatic carbocycles. The molecule has 0 aromatic rings. The third kappa shape index (κ3) is 3.29. The summed E-state index contributed by atoms with van der Waals surface area (Å²) in [5.74, 6) is 0.0802. The molecule has 1 amide bonds. The van der Waals surface area contributed by atoms with Gasteiger partial charge in [0.2, 0.25) is 5.91 Å². The number of hydrogen-bond acceptors (Lipinski definition) is 2. The molecule has 1 aliphatic rings. The van der Waals surface area contributed by atoms with Crippen molar-refractivity contribution in [1.29, 1.82) is 0 Å². The highest BCUT2D eigenvalue weighted by molar-refractivity contribution is 5.81. The zero-order valence-electron chi connectivity index (χ0n) is 9.34. The molecule has 0 heterocycles. The van der Waals surface area contributed by atoms with E-state index in [9.17, 15) is 9.90 Å². The van der Waals surface area contributed by atoms with Crippen molar-refractivity contribution in [1.82, 2.24) is 5.32 Å². The number of carbonyl (C=O) groups is 1. The Balaban J connectivity index is 2.40. The third-order valence-corrected chi connectivity index (χ3v) is 2.66. The normalized spacial score (nSPS) is 28.6. The molecule has 0 aromatic carbocycles. The van der Waals surface area contributed by atoms with Crippen molar-refractivity contribution in [3.8, 4) is 0 Å². The highest BCUT2D eigenvalue weighted by atomic mass is 16.3. The van der Waals surface area contributed by atoms with Crippen LogP contribution in [-0.4, -0.2) is 23.2 Å². The lowest BCUT2D eigenvalue weighted by Crippen LogP contribution is -2.44. The summed E-state index contributed by atoms with van der Waals surface area (Å²) in [4.78, 5) is 11.6. The molecule has 0 aromatic heterocycles.